The van der Waals surface area contributed by atoms with Crippen molar-refractivity contribution in [3.8, 4) is 23.0 Å². The minimum atomic E-state index is -0.294. The van der Waals surface area contributed by atoms with Gasteiger partial charge >= 0.3 is 0 Å². The van der Waals surface area contributed by atoms with Crippen molar-refractivity contribution >= 4 is 21.9 Å². The fourth-order valence-corrected chi connectivity index (χ4v) is 4.74. The van der Waals surface area contributed by atoms with Crippen LogP contribution in [0.3, 0.4) is 0 Å². The molecule has 0 saturated heterocycles. The molecule has 6 heteroatoms. The third kappa shape index (κ3) is 7.41. The Kier molecular flexibility index (Phi) is 11.5. The van der Waals surface area contributed by atoms with Crippen molar-refractivity contribution < 1.29 is 23.7 Å². The molecule has 0 unspecified atom stereocenters. The summed E-state index contributed by atoms with van der Waals surface area (Å²) in [4.78, 5) is 14.2. The zero-order valence-corrected chi connectivity index (χ0v) is 25.4. The van der Waals surface area contributed by atoms with Crippen LogP contribution in [0.15, 0.2) is 44.6 Å². The largest absolute Gasteiger partial charge is 0.507 e. The molecule has 0 bridgehead atoms. The molecule has 6 nitrogen and oxygen atoms in total. The van der Waals surface area contributed by atoms with E-state index in [1.165, 1.54) is 0 Å². The van der Waals surface area contributed by atoms with E-state index in [1.807, 2.05) is 33.8 Å². The second-order valence-corrected chi connectivity index (χ2v) is 10.8. The third-order valence-corrected chi connectivity index (χ3v) is 6.95. The fourth-order valence-electron chi connectivity index (χ4n) is 4.74. The van der Waals surface area contributed by atoms with Gasteiger partial charge in [0, 0.05) is 23.3 Å². The summed E-state index contributed by atoms with van der Waals surface area (Å²) in [5.41, 5.74) is 3.90. The SMILES string of the molecule is CCCCCOc1cc2oc3cc(OCCCCC)c(OC)c(CC=C(C)C)c3c(=O)c2c(O)c1CC=C(C)C. The zero-order valence-electron chi connectivity index (χ0n) is 25.4. The lowest BCUT2D eigenvalue weighted by molar-refractivity contribution is 0.285. The van der Waals surface area contributed by atoms with Gasteiger partial charge in [0.15, 0.2) is 11.5 Å². The van der Waals surface area contributed by atoms with Crippen LogP contribution in [0.1, 0.15) is 91.2 Å². The summed E-state index contributed by atoms with van der Waals surface area (Å²) in [6.07, 6.45) is 11.1. The second-order valence-electron chi connectivity index (χ2n) is 10.8. The standard InChI is InChI=1S/C34H46O6/c1-8-10-12-18-38-26-20-28-31(32(35)24(26)16-14-22(3)4)33(36)30-25(17-15-23(5)6)34(37-7)29(21-27(30)40-28)39-19-13-11-9-2/h14-15,20-21,35H,8-13,16-19H2,1-7H3. The maximum absolute atomic E-state index is 14.2. The third-order valence-electron chi connectivity index (χ3n) is 6.95. The number of rotatable bonds is 15. The van der Waals surface area contributed by atoms with Gasteiger partial charge in [0.25, 0.3) is 0 Å². The molecule has 40 heavy (non-hydrogen) atoms. The number of hydrogen-bond donors (Lipinski definition) is 1. The molecule has 3 aromatic rings. The highest BCUT2D eigenvalue weighted by molar-refractivity contribution is 5.98. The van der Waals surface area contributed by atoms with Crippen LogP contribution in [0.25, 0.3) is 21.9 Å². The number of unbranched alkanes of at least 4 members (excludes halogenated alkanes) is 4. The summed E-state index contributed by atoms with van der Waals surface area (Å²) in [7, 11) is 1.59. The van der Waals surface area contributed by atoms with Crippen molar-refractivity contribution in [1.82, 2.24) is 0 Å². The molecule has 0 spiro atoms. The summed E-state index contributed by atoms with van der Waals surface area (Å²) >= 11 is 0. The number of ether oxygens (including phenoxy) is 3. The predicted octanol–water partition coefficient (Wildman–Crippen LogP) is 8.82. The molecular weight excluding hydrogens is 504 g/mol. The monoisotopic (exact) mass is 550 g/mol. The van der Waals surface area contributed by atoms with Crippen LogP contribution in [0.4, 0.5) is 0 Å². The van der Waals surface area contributed by atoms with E-state index in [-0.39, 0.29) is 22.1 Å². The van der Waals surface area contributed by atoms with Crippen molar-refractivity contribution in [2.24, 2.45) is 0 Å². The van der Waals surface area contributed by atoms with Crippen LogP contribution in [0.2, 0.25) is 0 Å². The van der Waals surface area contributed by atoms with Gasteiger partial charge in [-0.05, 0) is 53.4 Å². The van der Waals surface area contributed by atoms with Gasteiger partial charge in [0.2, 0.25) is 5.43 Å². The van der Waals surface area contributed by atoms with E-state index in [1.54, 1.807) is 19.2 Å². The van der Waals surface area contributed by atoms with Gasteiger partial charge in [0.05, 0.1) is 25.7 Å². The maximum atomic E-state index is 14.2. The van der Waals surface area contributed by atoms with E-state index in [9.17, 15) is 9.90 Å². The van der Waals surface area contributed by atoms with Gasteiger partial charge in [-0.1, -0.05) is 62.8 Å². The number of fused-ring (bicyclic) bond motifs is 2. The van der Waals surface area contributed by atoms with Crippen LogP contribution in [0.5, 0.6) is 23.0 Å². The van der Waals surface area contributed by atoms with Crippen LogP contribution in [-0.2, 0) is 12.8 Å². The van der Waals surface area contributed by atoms with E-state index >= 15 is 0 Å². The average Bonchev–Trinajstić information content (AvgIpc) is 2.91. The summed E-state index contributed by atoms with van der Waals surface area (Å²) < 4.78 is 24.5. The number of allylic oxidation sites excluding steroid dienone is 4. The van der Waals surface area contributed by atoms with Crippen LogP contribution >= 0.6 is 0 Å². The van der Waals surface area contributed by atoms with E-state index in [2.05, 4.69) is 19.9 Å². The first-order valence-corrected chi connectivity index (χ1v) is 14.6. The highest BCUT2D eigenvalue weighted by atomic mass is 16.5. The molecule has 2 aromatic carbocycles. The average molecular weight is 551 g/mol. The molecule has 0 saturated carbocycles. The highest BCUT2D eigenvalue weighted by Crippen LogP contribution is 2.41. The Hall–Kier alpha value is -3.41. The Morgan fingerprint density at radius 1 is 0.800 bits per heavy atom. The number of phenols is 1. The van der Waals surface area contributed by atoms with Crippen LogP contribution in [-0.4, -0.2) is 25.4 Å². The van der Waals surface area contributed by atoms with E-state index in [4.69, 9.17) is 18.6 Å². The van der Waals surface area contributed by atoms with E-state index < -0.39 is 0 Å². The molecule has 3 rings (SSSR count). The molecule has 0 aliphatic rings. The molecule has 218 valence electrons. The lowest BCUT2D eigenvalue weighted by atomic mass is 9.98. The van der Waals surface area contributed by atoms with Crippen LogP contribution in [0, 0.1) is 0 Å². The first-order valence-electron chi connectivity index (χ1n) is 14.6. The first kappa shape index (κ1) is 31.1. The van der Waals surface area contributed by atoms with Gasteiger partial charge < -0.3 is 23.7 Å². The number of phenolic OH excluding ortho intramolecular Hbond substituents is 1. The Balaban J connectivity index is 2.31. The molecule has 0 radical (unpaired) electrons. The molecular formula is C34H46O6. The van der Waals surface area contributed by atoms with Crippen molar-refractivity contribution in [3.05, 3.63) is 56.8 Å². The zero-order chi connectivity index (χ0) is 29.2. The van der Waals surface area contributed by atoms with Crippen molar-refractivity contribution in [2.45, 2.75) is 92.9 Å². The van der Waals surface area contributed by atoms with Gasteiger partial charge in [-0.2, -0.15) is 0 Å². The van der Waals surface area contributed by atoms with Crippen molar-refractivity contribution in [3.63, 3.8) is 0 Å². The van der Waals surface area contributed by atoms with Gasteiger partial charge in [-0.3, -0.25) is 4.79 Å². The second kappa shape index (κ2) is 14.8. The Morgan fingerprint density at radius 2 is 1.32 bits per heavy atom. The van der Waals surface area contributed by atoms with Crippen molar-refractivity contribution in [1.29, 1.82) is 0 Å². The number of benzene rings is 2. The fraction of sp³-hybridized carbons (Fsp3) is 0.500. The van der Waals surface area contributed by atoms with Gasteiger partial charge in [0.1, 0.15) is 28.1 Å². The number of methoxy groups -OCH3 is 1. The van der Waals surface area contributed by atoms with Crippen molar-refractivity contribution in [2.75, 3.05) is 20.3 Å². The summed E-state index contributed by atoms with van der Waals surface area (Å²) in [5.74, 6) is 1.51. The molecule has 0 fully saturated rings. The highest BCUT2D eigenvalue weighted by Gasteiger charge is 2.24. The Bertz CT molecular complexity index is 1420. The van der Waals surface area contributed by atoms with Crippen LogP contribution < -0.4 is 19.6 Å². The molecule has 0 aliphatic heterocycles. The Labute approximate surface area is 238 Å². The number of aromatic hydroxyl groups is 1. The lowest BCUT2D eigenvalue weighted by Gasteiger charge is -2.18. The molecule has 1 heterocycles. The van der Waals surface area contributed by atoms with Gasteiger partial charge in [-0.25, -0.2) is 0 Å². The first-order chi connectivity index (χ1) is 19.2. The summed E-state index contributed by atoms with van der Waals surface area (Å²) in [6.45, 7) is 13.4. The number of hydrogen-bond acceptors (Lipinski definition) is 6. The maximum Gasteiger partial charge on any atom is 0.204 e. The smallest absolute Gasteiger partial charge is 0.204 e. The van der Waals surface area contributed by atoms with Gasteiger partial charge in [-0.15, -0.1) is 0 Å². The molecule has 0 amide bonds. The lowest BCUT2D eigenvalue weighted by Crippen LogP contribution is -2.10. The topological polar surface area (TPSA) is 78.1 Å². The van der Waals surface area contributed by atoms with E-state index in [0.29, 0.717) is 65.4 Å². The quantitative estimate of drug-likeness (QED) is 0.116. The molecule has 1 aromatic heterocycles. The molecule has 0 atom stereocenters. The molecule has 1 N–H and O–H groups in total. The summed E-state index contributed by atoms with van der Waals surface area (Å²) in [5, 5.41) is 12.1. The minimum Gasteiger partial charge on any atom is -0.507 e. The van der Waals surface area contributed by atoms with E-state index in [0.717, 1.165) is 49.7 Å². The Morgan fingerprint density at radius 3 is 1.88 bits per heavy atom. The molecule has 0 aliphatic carbocycles. The minimum absolute atomic E-state index is 0.0943. The normalized spacial score (nSPS) is 11.1. The predicted molar refractivity (Wildman–Crippen MR) is 165 cm³/mol. The summed E-state index contributed by atoms with van der Waals surface area (Å²) in [6, 6.07) is 3.49.